The zero-order chi connectivity index (χ0) is 23.0. The summed E-state index contributed by atoms with van der Waals surface area (Å²) in [6, 6.07) is 23.1. The van der Waals surface area contributed by atoms with Gasteiger partial charge in [0.2, 0.25) is 0 Å². The lowest BCUT2D eigenvalue weighted by Gasteiger charge is -2.07. The van der Waals surface area contributed by atoms with E-state index in [1.165, 1.54) is 12.1 Å². The van der Waals surface area contributed by atoms with Crippen LogP contribution in [0.5, 0.6) is 11.5 Å². The highest BCUT2D eigenvalue weighted by Crippen LogP contribution is 2.24. The number of ether oxygens (including phenoxy) is 2. The summed E-state index contributed by atoms with van der Waals surface area (Å²) in [5, 5.41) is 12.2. The molecule has 0 saturated carbocycles. The minimum absolute atomic E-state index is 0.205. The van der Waals surface area contributed by atoms with Crippen molar-refractivity contribution in [2.45, 2.75) is 6.61 Å². The topological polar surface area (TPSA) is 110 Å². The molecule has 0 atom stereocenters. The zero-order valence-electron chi connectivity index (χ0n) is 17.6. The van der Waals surface area contributed by atoms with Crippen molar-refractivity contribution in [1.29, 1.82) is 0 Å². The van der Waals surface area contributed by atoms with Crippen LogP contribution < -0.4 is 20.3 Å². The standard InChI is InChI=1S/C25H22N2O6/c28-24(27-30)17-9-11-21(12-10-17)31-14-13-26-25(29)22-15-18-5-4-6-19(23(18)33-22)16-32-20-7-2-1-3-8-20/h1-12,15,30H,13-14,16H2,(H,26,29)(H,27,28). The van der Waals surface area contributed by atoms with Crippen molar-refractivity contribution < 1.29 is 28.7 Å². The van der Waals surface area contributed by atoms with Gasteiger partial charge in [-0.1, -0.05) is 36.4 Å². The molecule has 4 rings (SSSR count). The van der Waals surface area contributed by atoms with E-state index >= 15 is 0 Å². The minimum atomic E-state index is -0.602. The highest BCUT2D eigenvalue weighted by Gasteiger charge is 2.14. The summed E-state index contributed by atoms with van der Waals surface area (Å²) in [6.45, 7) is 0.814. The van der Waals surface area contributed by atoms with Crippen LogP contribution in [0.1, 0.15) is 26.5 Å². The van der Waals surface area contributed by atoms with Crippen molar-refractivity contribution in [1.82, 2.24) is 10.8 Å². The first-order valence-electron chi connectivity index (χ1n) is 10.3. The Morgan fingerprint density at radius 2 is 1.61 bits per heavy atom. The normalized spacial score (nSPS) is 10.6. The molecule has 168 valence electrons. The van der Waals surface area contributed by atoms with Crippen LogP contribution in [0.25, 0.3) is 11.0 Å². The number of para-hydroxylation sites is 2. The quantitative estimate of drug-likeness (QED) is 0.204. The third-order valence-electron chi connectivity index (χ3n) is 4.86. The molecule has 0 aliphatic heterocycles. The molecule has 0 bridgehead atoms. The van der Waals surface area contributed by atoms with Crippen LogP contribution in [-0.2, 0) is 6.61 Å². The fourth-order valence-electron chi connectivity index (χ4n) is 3.21. The van der Waals surface area contributed by atoms with Crippen LogP contribution in [-0.4, -0.2) is 30.2 Å². The Bertz CT molecular complexity index is 1230. The number of furan rings is 1. The Labute approximate surface area is 189 Å². The maximum atomic E-state index is 12.5. The SMILES string of the molecule is O=C(NO)c1ccc(OCCNC(=O)c2cc3cccc(COc4ccccc4)c3o2)cc1. The zero-order valence-corrected chi connectivity index (χ0v) is 17.6. The minimum Gasteiger partial charge on any atom is -0.492 e. The lowest BCUT2D eigenvalue weighted by molar-refractivity contribution is 0.0706. The lowest BCUT2D eigenvalue weighted by Crippen LogP contribution is -2.27. The molecule has 1 aromatic heterocycles. The van der Waals surface area contributed by atoms with Gasteiger partial charge in [0.05, 0.1) is 6.54 Å². The van der Waals surface area contributed by atoms with Crippen LogP contribution in [0.15, 0.2) is 83.3 Å². The molecule has 0 saturated heterocycles. The highest BCUT2D eigenvalue weighted by atomic mass is 16.5. The van der Waals surface area contributed by atoms with Crippen molar-refractivity contribution in [2.24, 2.45) is 0 Å². The maximum absolute atomic E-state index is 12.5. The predicted octanol–water partition coefficient (Wildman–Crippen LogP) is 3.94. The Kier molecular flexibility index (Phi) is 6.87. The Hall–Kier alpha value is -4.30. The average Bonchev–Trinajstić information content (AvgIpc) is 3.31. The molecular formula is C25H22N2O6. The summed E-state index contributed by atoms with van der Waals surface area (Å²) in [5.41, 5.74) is 3.33. The van der Waals surface area contributed by atoms with E-state index in [9.17, 15) is 9.59 Å². The van der Waals surface area contributed by atoms with E-state index in [0.717, 1.165) is 16.7 Å². The van der Waals surface area contributed by atoms with Crippen LogP contribution >= 0.6 is 0 Å². The number of carbonyl (C=O) groups excluding carboxylic acids is 2. The number of carbonyl (C=O) groups is 2. The van der Waals surface area contributed by atoms with E-state index in [1.54, 1.807) is 23.7 Å². The van der Waals surface area contributed by atoms with Crippen LogP contribution in [0.4, 0.5) is 0 Å². The van der Waals surface area contributed by atoms with Crippen molar-refractivity contribution in [2.75, 3.05) is 13.2 Å². The van der Waals surface area contributed by atoms with Gasteiger partial charge in [-0.2, -0.15) is 0 Å². The molecule has 1 heterocycles. The fraction of sp³-hybridized carbons (Fsp3) is 0.120. The summed E-state index contributed by atoms with van der Waals surface area (Å²) in [5.74, 6) is 0.543. The van der Waals surface area contributed by atoms with Gasteiger partial charge in [0, 0.05) is 16.5 Å². The number of fused-ring (bicyclic) bond motifs is 1. The average molecular weight is 446 g/mol. The Morgan fingerprint density at radius 3 is 2.36 bits per heavy atom. The summed E-state index contributed by atoms with van der Waals surface area (Å²) in [4.78, 5) is 23.8. The van der Waals surface area contributed by atoms with Gasteiger partial charge in [-0.05, 0) is 42.5 Å². The van der Waals surface area contributed by atoms with Crippen LogP contribution in [0, 0.1) is 0 Å². The van der Waals surface area contributed by atoms with E-state index < -0.39 is 5.91 Å². The van der Waals surface area contributed by atoms with Gasteiger partial charge in [0.15, 0.2) is 5.76 Å². The molecule has 8 nitrogen and oxygen atoms in total. The van der Waals surface area contributed by atoms with Crippen molar-refractivity contribution in [3.8, 4) is 11.5 Å². The van der Waals surface area contributed by atoms with Gasteiger partial charge in [0.1, 0.15) is 30.3 Å². The molecular weight excluding hydrogens is 424 g/mol. The number of rotatable bonds is 9. The second-order valence-electron chi connectivity index (χ2n) is 7.12. The molecule has 0 fully saturated rings. The molecule has 0 unspecified atom stereocenters. The molecule has 4 aromatic rings. The van der Waals surface area contributed by atoms with Gasteiger partial charge in [-0.3, -0.25) is 14.8 Å². The first kappa shape index (κ1) is 21.9. The molecule has 3 aromatic carbocycles. The van der Waals surface area contributed by atoms with E-state index in [-0.39, 0.29) is 24.8 Å². The first-order chi connectivity index (χ1) is 16.1. The lowest BCUT2D eigenvalue weighted by atomic mass is 10.1. The first-order valence-corrected chi connectivity index (χ1v) is 10.3. The molecule has 3 N–H and O–H groups in total. The van der Waals surface area contributed by atoms with Gasteiger partial charge in [0.25, 0.3) is 11.8 Å². The number of hydrogen-bond acceptors (Lipinski definition) is 6. The number of benzene rings is 3. The van der Waals surface area contributed by atoms with Gasteiger partial charge in [-0.15, -0.1) is 0 Å². The van der Waals surface area contributed by atoms with Gasteiger partial charge >= 0.3 is 0 Å². The molecule has 33 heavy (non-hydrogen) atoms. The van der Waals surface area contributed by atoms with Crippen LogP contribution in [0.2, 0.25) is 0 Å². The summed E-state index contributed by atoms with van der Waals surface area (Å²) in [6.07, 6.45) is 0. The largest absolute Gasteiger partial charge is 0.492 e. The molecule has 0 aliphatic rings. The second kappa shape index (κ2) is 10.3. The summed E-state index contributed by atoms with van der Waals surface area (Å²) >= 11 is 0. The van der Waals surface area contributed by atoms with E-state index in [0.29, 0.717) is 23.5 Å². The number of hydroxylamine groups is 1. The number of hydrogen-bond donors (Lipinski definition) is 3. The number of amides is 2. The van der Waals surface area contributed by atoms with Gasteiger partial charge < -0.3 is 19.2 Å². The van der Waals surface area contributed by atoms with Crippen molar-refractivity contribution in [3.63, 3.8) is 0 Å². The van der Waals surface area contributed by atoms with Crippen molar-refractivity contribution >= 4 is 22.8 Å². The van der Waals surface area contributed by atoms with Crippen LogP contribution in [0.3, 0.4) is 0 Å². The predicted molar refractivity (Wildman–Crippen MR) is 121 cm³/mol. The molecule has 8 heteroatoms. The monoisotopic (exact) mass is 446 g/mol. The smallest absolute Gasteiger partial charge is 0.287 e. The third kappa shape index (κ3) is 5.50. The molecule has 0 aliphatic carbocycles. The second-order valence-corrected chi connectivity index (χ2v) is 7.12. The van der Waals surface area contributed by atoms with E-state index in [2.05, 4.69) is 5.32 Å². The molecule has 0 spiro atoms. The third-order valence-corrected chi connectivity index (χ3v) is 4.86. The maximum Gasteiger partial charge on any atom is 0.287 e. The van der Waals surface area contributed by atoms with Crippen molar-refractivity contribution in [3.05, 3.63) is 95.7 Å². The Balaban J connectivity index is 1.31. The van der Waals surface area contributed by atoms with E-state index in [1.807, 2.05) is 48.5 Å². The highest BCUT2D eigenvalue weighted by molar-refractivity contribution is 5.96. The summed E-state index contributed by atoms with van der Waals surface area (Å²) in [7, 11) is 0. The van der Waals surface area contributed by atoms with Gasteiger partial charge in [-0.25, -0.2) is 5.48 Å². The molecule has 0 radical (unpaired) electrons. The fourth-order valence-corrected chi connectivity index (χ4v) is 3.21. The summed E-state index contributed by atoms with van der Waals surface area (Å²) < 4.78 is 17.2. The Morgan fingerprint density at radius 1 is 0.848 bits per heavy atom. The molecule has 2 amide bonds. The number of nitrogens with one attached hydrogen (secondary N) is 2. The van der Waals surface area contributed by atoms with E-state index in [4.69, 9.17) is 19.1 Å².